The van der Waals surface area contributed by atoms with Crippen molar-refractivity contribution in [2.24, 2.45) is 0 Å². The van der Waals surface area contributed by atoms with Gasteiger partial charge in [0.1, 0.15) is 0 Å². The van der Waals surface area contributed by atoms with E-state index in [0.29, 0.717) is 11.4 Å². The summed E-state index contributed by atoms with van der Waals surface area (Å²) in [5, 5.41) is 4.94. The fourth-order valence-electron chi connectivity index (χ4n) is 1.76. The minimum Gasteiger partial charge on any atom is -0.299 e. The largest absolute Gasteiger partial charge is 0.299 e. The van der Waals surface area contributed by atoms with Crippen LogP contribution in [0.1, 0.15) is 24.9 Å². The fourth-order valence-corrected chi connectivity index (χ4v) is 2.95. The first-order valence-electron chi connectivity index (χ1n) is 4.89. The van der Waals surface area contributed by atoms with Gasteiger partial charge in [-0.3, -0.25) is 5.32 Å². The number of nitrogens with one attached hydrogen (secondary N) is 1. The van der Waals surface area contributed by atoms with E-state index < -0.39 is 0 Å². The maximum Gasteiger partial charge on any atom is 0.0508 e. The molecule has 1 nitrogen and oxygen atoms in total. The number of rotatable bonds is 1. The van der Waals surface area contributed by atoms with Crippen molar-refractivity contribution in [1.82, 2.24) is 5.32 Å². The summed E-state index contributed by atoms with van der Waals surface area (Å²) >= 11 is 7.94. The van der Waals surface area contributed by atoms with Gasteiger partial charge in [0.25, 0.3) is 0 Å². The molecule has 0 aliphatic carbocycles. The standard InChI is InChI=1S/C11H14ClNS/c1-8-13-11(5-6-14-8)9-3-2-4-10(12)7-9/h2-4,7-8,11,13H,5-6H2,1H3/t8-,11+/m1/s1. The molecule has 0 spiro atoms. The first kappa shape index (κ1) is 10.3. The average molecular weight is 228 g/mol. The molecule has 0 aromatic heterocycles. The Hall–Kier alpha value is -0.180. The molecule has 2 rings (SSSR count). The van der Waals surface area contributed by atoms with E-state index >= 15 is 0 Å². The van der Waals surface area contributed by atoms with E-state index in [9.17, 15) is 0 Å². The second-order valence-corrected chi connectivity index (χ2v) is 5.46. The molecule has 1 N–H and O–H groups in total. The Kier molecular flexibility index (Phi) is 3.37. The van der Waals surface area contributed by atoms with Crippen LogP contribution < -0.4 is 5.32 Å². The molecule has 0 radical (unpaired) electrons. The molecule has 1 aromatic rings. The lowest BCUT2D eigenvalue weighted by Gasteiger charge is -2.28. The van der Waals surface area contributed by atoms with Gasteiger partial charge in [-0.1, -0.05) is 23.7 Å². The molecular weight excluding hydrogens is 214 g/mol. The topological polar surface area (TPSA) is 12.0 Å². The van der Waals surface area contributed by atoms with Crippen molar-refractivity contribution < 1.29 is 0 Å². The number of halogens is 1. The van der Waals surface area contributed by atoms with Crippen LogP contribution >= 0.6 is 23.4 Å². The highest BCUT2D eigenvalue weighted by Crippen LogP contribution is 2.28. The van der Waals surface area contributed by atoms with Gasteiger partial charge in [-0.05, 0) is 36.8 Å². The van der Waals surface area contributed by atoms with Gasteiger partial charge in [0.2, 0.25) is 0 Å². The third-order valence-corrected chi connectivity index (χ3v) is 3.80. The van der Waals surface area contributed by atoms with Gasteiger partial charge in [-0.15, -0.1) is 11.8 Å². The number of benzene rings is 1. The van der Waals surface area contributed by atoms with Crippen molar-refractivity contribution in [1.29, 1.82) is 0 Å². The van der Waals surface area contributed by atoms with Gasteiger partial charge in [0, 0.05) is 11.1 Å². The molecule has 1 aromatic carbocycles. The summed E-state index contributed by atoms with van der Waals surface area (Å²) in [6, 6.07) is 8.62. The molecule has 3 heteroatoms. The van der Waals surface area contributed by atoms with Crippen LogP contribution in [0.15, 0.2) is 24.3 Å². The quantitative estimate of drug-likeness (QED) is 0.789. The normalized spacial score (nSPS) is 27.6. The lowest BCUT2D eigenvalue weighted by atomic mass is 10.0. The van der Waals surface area contributed by atoms with E-state index in [-0.39, 0.29) is 0 Å². The molecule has 0 unspecified atom stereocenters. The summed E-state index contributed by atoms with van der Waals surface area (Å²) in [7, 11) is 0. The monoisotopic (exact) mass is 227 g/mol. The van der Waals surface area contributed by atoms with E-state index in [2.05, 4.69) is 24.4 Å². The van der Waals surface area contributed by atoms with Crippen LogP contribution in [0.3, 0.4) is 0 Å². The maximum absolute atomic E-state index is 5.97. The fraction of sp³-hybridized carbons (Fsp3) is 0.455. The summed E-state index contributed by atoms with van der Waals surface area (Å²) in [5.74, 6) is 1.23. The third kappa shape index (κ3) is 2.44. The predicted octanol–water partition coefficient (Wildman–Crippen LogP) is 3.45. The zero-order valence-electron chi connectivity index (χ0n) is 8.16. The van der Waals surface area contributed by atoms with Crippen molar-refractivity contribution >= 4 is 23.4 Å². The zero-order valence-corrected chi connectivity index (χ0v) is 9.74. The zero-order chi connectivity index (χ0) is 9.97. The van der Waals surface area contributed by atoms with Gasteiger partial charge < -0.3 is 0 Å². The number of thioether (sulfide) groups is 1. The first-order valence-corrected chi connectivity index (χ1v) is 6.31. The lowest BCUT2D eigenvalue weighted by molar-refractivity contribution is 0.504. The van der Waals surface area contributed by atoms with Crippen LogP contribution in [-0.4, -0.2) is 11.1 Å². The molecule has 76 valence electrons. The molecule has 1 heterocycles. The summed E-state index contributed by atoms with van der Waals surface area (Å²) in [4.78, 5) is 0. The Morgan fingerprint density at radius 1 is 1.50 bits per heavy atom. The van der Waals surface area contributed by atoms with E-state index in [1.54, 1.807) is 0 Å². The molecule has 0 saturated carbocycles. The van der Waals surface area contributed by atoms with Gasteiger partial charge in [0.05, 0.1) is 5.37 Å². The molecule has 1 fully saturated rings. The highest BCUT2D eigenvalue weighted by atomic mass is 35.5. The Bertz CT molecular complexity index is 316. The van der Waals surface area contributed by atoms with E-state index in [4.69, 9.17) is 11.6 Å². The number of hydrogen-bond donors (Lipinski definition) is 1. The Morgan fingerprint density at radius 3 is 3.07 bits per heavy atom. The van der Waals surface area contributed by atoms with Crippen LogP contribution in [0, 0.1) is 0 Å². The Morgan fingerprint density at radius 2 is 2.36 bits per heavy atom. The van der Waals surface area contributed by atoms with Crippen LogP contribution in [0.2, 0.25) is 5.02 Å². The highest BCUT2D eigenvalue weighted by molar-refractivity contribution is 7.99. The summed E-state index contributed by atoms with van der Waals surface area (Å²) in [6.07, 6.45) is 1.19. The van der Waals surface area contributed by atoms with Crippen molar-refractivity contribution in [2.45, 2.75) is 24.8 Å². The molecule has 14 heavy (non-hydrogen) atoms. The van der Waals surface area contributed by atoms with Crippen molar-refractivity contribution in [3.8, 4) is 0 Å². The second-order valence-electron chi connectivity index (χ2n) is 3.58. The van der Waals surface area contributed by atoms with Crippen LogP contribution in [0.25, 0.3) is 0 Å². The molecule has 0 bridgehead atoms. The molecule has 0 amide bonds. The smallest absolute Gasteiger partial charge is 0.0508 e. The Labute approximate surface area is 94.2 Å². The molecule has 1 aliphatic heterocycles. The van der Waals surface area contributed by atoms with Gasteiger partial charge in [-0.2, -0.15) is 0 Å². The SMILES string of the molecule is C[C@@H]1N[C@H](c2cccc(Cl)c2)CCS1. The van der Waals surface area contributed by atoms with Crippen LogP contribution in [-0.2, 0) is 0 Å². The lowest BCUT2D eigenvalue weighted by Crippen LogP contribution is -2.32. The van der Waals surface area contributed by atoms with Gasteiger partial charge in [0.15, 0.2) is 0 Å². The van der Waals surface area contributed by atoms with Crippen molar-refractivity contribution in [3.63, 3.8) is 0 Å². The highest BCUT2D eigenvalue weighted by Gasteiger charge is 2.19. The van der Waals surface area contributed by atoms with Crippen LogP contribution in [0.4, 0.5) is 0 Å². The second kappa shape index (κ2) is 4.56. The maximum atomic E-state index is 5.97. The Balaban J connectivity index is 2.14. The van der Waals surface area contributed by atoms with Gasteiger partial charge >= 0.3 is 0 Å². The van der Waals surface area contributed by atoms with Crippen LogP contribution in [0.5, 0.6) is 0 Å². The molecule has 1 saturated heterocycles. The van der Waals surface area contributed by atoms with E-state index in [1.165, 1.54) is 17.7 Å². The minimum atomic E-state index is 0.477. The third-order valence-electron chi connectivity index (χ3n) is 2.46. The van der Waals surface area contributed by atoms with E-state index in [1.807, 2.05) is 23.9 Å². The molecule has 2 atom stereocenters. The van der Waals surface area contributed by atoms with E-state index in [0.717, 1.165) is 5.02 Å². The summed E-state index contributed by atoms with van der Waals surface area (Å²) in [6.45, 7) is 2.21. The van der Waals surface area contributed by atoms with Gasteiger partial charge in [-0.25, -0.2) is 0 Å². The van der Waals surface area contributed by atoms with Crippen molar-refractivity contribution in [3.05, 3.63) is 34.9 Å². The molecular formula is C11H14ClNS. The average Bonchev–Trinajstić information content (AvgIpc) is 2.18. The predicted molar refractivity (Wildman–Crippen MR) is 63.9 cm³/mol. The summed E-state index contributed by atoms with van der Waals surface area (Å²) < 4.78 is 0. The number of hydrogen-bond acceptors (Lipinski definition) is 2. The minimum absolute atomic E-state index is 0.477. The summed E-state index contributed by atoms with van der Waals surface area (Å²) in [5.41, 5.74) is 1.31. The van der Waals surface area contributed by atoms with Crippen molar-refractivity contribution in [2.75, 3.05) is 5.75 Å². The molecule has 1 aliphatic rings. The first-order chi connectivity index (χ1) is 6.75.